The standard InChI is InChI=1S/C19H23NO5S/c1-4-23-19(22)15(11-26)20-18(21)16-9-8-14(25-16)10-24-17-12(2)6-5-7-13(17)3/h5-9,15,26H,4,10-11H2,1-3H3,(H,20,21)/t15-/m0/s1. The van der Waals surface area contributed by atoms with E-state index >= 15 is 0 Å². The SMILES string of the molecule is CCOC(=O)[C@H](CS)NC(=O)c1ccc(COc2c(C)cccc2C)o1. The van der Waals surface area contributed by atoms with Gasteiger partial charge in [-0.25, -0.2) is 4.79 Å². The predicted molar refractivity (Wildman–Crippen MR) is 101 cm³/mol. The number of furan rings is 1. The number of thiol groups is 1. The summed E-state index contributed by atoms with van der Waals surface area (Å²) in [5.74, 6) is 0.509. The Labute approximate surface area is 158 Å². The van der Waals surface area contributed by atoms with Crippen LogP contribution in [0.25, 0.3) is 0 Å². The molecule has 2 rings (SSSR count). The van der Waals surface area contributed by atoms with Crippen molar-refractivity contribution in [2.75, 3.05) is 12.4 Å². The lowest BCUT2D eigenvalue weighted by Gasteiger charge is -2.14. The van der Waals surface area contributed by atoms with Gasteiger partial charge in [0, 0.05) is 5.75 Å². The second-order valence-electron chi connectivity index (χ2n) is 5.74. The first kappa shape index (κ1) is 19.9. The third-order valence-electron chi connectivity index (χ3n) is 3.71. The van der Waals surface area contributed by atoms with Gasteiger partial charge in [-0.05, 0) is 44.0 Å². The molecule has 1 aromatic carbocycles. The highest BCUT2D eigenvalue weighted by Crippen LogP contribution is 2.23. The van der Waals surface area contributed by atoms with Crippen molar-refractivity contribution in [3.8, 4) is 5.75 Å². The predicted octanol–water partition coefficient (Wildman–Crippen LogP) is 3.07. The van der Waals surface area contributed by atoms with Crippen molar-refractivity contribution < 1.29 is 23.5 Å². The Hall–Kier alpha value is -2.41. The molecule has 0 fully saturated rings. The summed E-state index contributed by atoms with van der Waals surface area (Å²) in [5.41, 5.74) is 2.06. The number of aryl methyl sites for hydroxylation is 2. The van der Waals surface area contributed by atoms with Gasteiger partial charge in [0.05, 0.1) is 6.61 Å². The van der Waals surface area contributed by atoms with Gasteiger partial charge in [0.2, 0.25) is 0 Å². The molecule has 26 heavy (non-hydrogen) atoms. The van der Waals surface area contributed by atoms with E-state index in [1.54, 1.807) is 19.1 Å². The van der Waals surface area contributed by atoms with Crippen LogP contribution < -0.4 is 10.1 Å². The number of esters is 1. The number of benzene rings is 1. The molecule has 0 aliphatic carbocycles. The zero-order chi connectivity index (χ0) is 19.1. The highest BCUT2D eigenvalue weighted by Gasteiger charge is 2.22. The second kappa shape index (κ2) is 9.33. The lowest BCUT2D eigenvalue weighted by Crippen LogP contribution is -2.43. The van der Waals surface area contributed by atoms with Crippen LogP contribution in [-0.4, -0.2) is 30.3 Å². The van der Waals surface area contributed by atoms with E-state index in [-0.39, 0.29) is 24.7 Å². The molecule has 140 valence electrons. The summed E-state index contributed by atoms with van der Waals surface area (Å²) < 4.78 is 16.2. The van der Waals surface area contributed by atoms with Gasteiger partial charge in [0.1, 0.15) is 24.2 Å². The lowest BCUT2D eigenvalue weighted by atomic mass is 10.1. The van der Waals surface area contributed by atoms with E-state index in [9.17, 15) is 9.59 Å². The maximum absolute atomic E-state index is 12.2. The third kappa shape index (κ3) is 5.05. The highest BCUT2D eigenvalue weighted by atomic mass is 32.1. The van der Waals surface area contributed by atoms with Crippen LogP contribution in [0.1, 0.15) is 34.4 Å². The fraction of sp³-hybridized carbons (Fsp3) is 0.368. The number of amides is 1. The van der Waals surface area contributed by atoms with E-state index in [4.69, 9.17) is 13.9 Å². The molecule has 2 aromatic rings. The molecule has 1 heterocycles. The molecule has 0 bridgehead atoms. The fourth-order valence-electron chi connectivity index (χ4n) is 2.40. The largest absolute Gasteiger partial charge is 0.485 e. The van der Waals surface area contributed by atoms with Crippen molar-refractivity contribution >= 4 is 24.5 Å². The monoisotopic (exact) mass is 377 g/mol. The van der Waals surface area contributed by atoms with Crippen LogP contribution in [-0.2, 0) is 16.1 Å². The lowest BCUT2D eigenvalue weighted by molar-refractivity contribution is -0.144. The van der Waals surface area contributed by atoms with Crippen LogP contribution in [0.2, 0.25) is 0 Å². The van der Waals surface area contributed by atoms with Gasteiger partial charge in [-0.3, -0.25) is 4.79 Å². The molecule has 0 aliphatic rings. The quantitative estimate of drug-likeness (QED) is 0.546. The van der Waals surface area contributed by atoms with Crippen LogP contribution in [0.4, 0.5) is 0 Å². The molecule has 0 radical (unpaired) electrons. The van der Waals surface area contributed by atoms with Crippen LogP contribution >= 0.6 is 12.6 Å². The van der Waals surface area contributed by atoms with E-state index in [0.717, 1.165) is 16.9 Å². The highest BCUT2D eigenvalue weighted by molar-refractivity contribution is 7.80. The molecule has 1 N–H and O–H groups in total. The summed E-state index contributed by atoms with van der Waals surface area (Å²) in [7, 11) is 0. The van der Waals surface area contributed by atoms with Crippen molar-refractivity contribution in [2.24, 2.45) is 0 Å². The molecule has 1 aromatic heterocycles. The van der Waals surface area contributed by atoms with Crippen molar-refractivity contribution in [1.29, 1.82) is 0 Å². The van der Waals surface area contributed by atoms with Gasteiger partial charge in [-0.15, -0.1) is 0 Å². The van der Waals surface area contributed by atoms with Gasteiger partial charge < -0.3 is 19.2 Å². The molecule has 1 amide bonds. The topological polar surface area (TPSA) is 77.8 Å². The normalized spacial score (nSPS) is 11.7. The number of carbonyl (C=O) groups excluding carboxylic acids is 2. The number of hydrogen-bond acceptors (Lipinski definition) is 6. The van der Waals surface area contributed by atoms with Crippen LogP contribution in [0.5, 0.6) is 5.75 Å². The average Bonchev–Trinajstić information content (AvgIpc) is 3.08. The summed E-state index contributed by atoms with van der Waals surface area (Å²) in [6.07, 6.45) is 0. The summed E-state index contributed by atoms with van der Waals surface area (Å²) in [5, 5.41) is 2.55. The zero-order valence-corrected chi connectivity index (χ0v) is 16.0. The van der Waals surface area contributed by atoms with Gasteiger partial charge in [0.15, 0.2) is 5.76 Å². The summed E-state index contributed by atoms with van der Waals surface area (Å²) in [4.78, 5) is 24.0. The maximum atomic E-state index is 12.2. The molecule has 0 spiro atoms. The van der Waals surface area contributed by atoms with Gasteiger partial charge >= 0.3 is 5.97 Å². The second-order valence-corrected chi connectivity index (χ2v) is 6.10. The Balaban J connectivity index is 1.98. The number of hydrogen-bond donors (Lipinski definition) is 2. The smallest absolute Gasteiger partial charge is 0.329 e. The third-order valence-corrected chi connectivity index (χ3v) is 4.08. The maximum Gasteiger partial charge on any atom is 0.329 e. The molecule has 6 nitrogen and oxygen atoms in total. The molecular formula is C19H23NO5S. The van der Waals surface area contributed by atoms with Crippen LogP contribution in [0, 0.1) is 13.8 Å². The first-order valence-electron chi connectivity index (χ1n) is 8.32. The molecule has 0 saturated carbocycles. The Kier molecular flexibility index (Phi) is 7.15. The number of rotatable bonds is 8. The van der Waals surface area contributed by atoms with E-state index in [0.29, 0.717) is 5.76 Å². The average molecular weight is 377 g/mol. The summed E-state index contributed by atoms with van der Waals surface area (Å²) >= 11 is 4.07. The van der Waals surface area contributed by atoms with Crippen molar-refractivity contribution in [3.05, 3.63) is 53.0 Å². The minimum absolute atomic E-state index is 0.0983. The Bertz CT molecular complexity index is 751. The molecular weight excluding hydrogens is 354 g/mol. The number of carbonyl (C=O) groups is 2. The Morgan fingerprint density at radius 2 is 1.88 bits per heavy atom. The number of nitrogens with one attached hydrogen (secondary N) is 1. The fourth-order valence-corrected chi connectivity index (χ4v) is 2.64. The molecule has 1 atom stereocenters. The van der Waals surface area contributed by atoms with Gasteiger partial charge in [-0.2, -0.15) is 12.6 Å². The van der Waals surface area contributed by atoms with Crippen molar-refractivity contribution in [3.63, 3.8) is 0 Å². The van der Waals surface area contributed by atoms with E-state index in [1.165, 1.54) is 0 Å². The number of para-hydroxylation sites is 1. The van der Waals surface area contributed by atoms with Gasteiger partial charge in [-0.1, -0.05) is 18.2 Å². The van der Waals surface area contributed by atoms with E-state index in [2.05, 4.69) is 17.9 Å². The summed E-state index contributed by atoms with van der Waals surface area (Å²) in [6.45, 7) is 6.07. The minimum Gasteiger partial charge on any atom is -0.485 e. The zero-order valence-electron chi connectivity index (χ0n) is 15.1. The molecule has 0 aliphatic heterocycles. The van der Waals surface area contributed by atoms with E-state index < -0.39 is 17.9 Å². The molecule has 0 unspecified atom stereocenters. The van der Waals surface area contributed by atoms with Crippen molar-refractivity contribution in [2.45, 2.75) is 33.4 Å². The first-order chi connectivity index (χ1) is 12.5. The Morgan fingerprint density at radius 1 is 1.19 bits per heavy atom. The van der Waals surface area contributed by atoms with Crippen LogP contribution in [0.3, 0.4) is 0 Å². The molecule has 0 saturated heterocycles. The summed E-state index contributed by atoms with van der Waals surface area (Å²) in [6, 6.07) is 8.29. The van der Waals surface area contributed by atoms with Crippen LogP contribution in [0.15, 0.2) is 34.7 Å². The first-order valence-corrected chi connectivity index (χ1v) is 8.95. The van der Waals surface area contributed by atoms with Crippen molar-refractivity contribution in [1.82, 2.24) is 5.32 Å². The Morgan fingerprint density at radius 3 is 2.50 bits per heavy atom. The molecule has 7 heteroatoms. The number of ether oxygens (including phenoxy) is 2. The minimum atomic E-state index is -0.829. The van der Waals surface area contributed by atoms with Gasteiger partial charge in [0.25, 0.3) is 5.91 Å². The van der Waals surface area contributed by atoms with E-state index in [1.807, 2.05) is 32.0 Å².